The highest BCUT2D eigenvalue weighted by molar-refractivity contribution is 5.67. The molecule has 0 bridgehead atoms. The number of nitrogens with zero attached hydrogens (tertiary/aromatic N) is 2. The van der Waals surface area contributed by atoms with Gasteiger partial charge < -0.3 is 10.1 Å². The molecule has 0 saturated heterocycles. The van der Waals surface area contributed by atoms with E-state index < -0.39 is 11.0 Å². The van der Waals surface area contributed by atoms with E-state index in [1.165, 1.54) is 12.3 Å². The van der Waals surface area contributed by atoms with Gasteiger partial charge in [-0.1, -0.05) is 36.4 Å². The third-order valence-corrected chi connectivity index (χ3v) is 3.17. The van der Waals surface area contributed by atoms with E-state index in [0.29, 0.717) is 11.3 Å². The van der Waals surface area contributed by atoms with Gasteiger partial charge in [-0.2, -0.15) is 0 Å². The largest absolute Gasteiger partial charge is 0.445 e. The Morgan fingerprint density at radius 1 is 1.38 bits per heavy atom. The highest BCUT2D eigenvalue weighted by Gasteiger charge is 2.07. The lowest BCUT2D eigenvalue weighted by atomic mass is 10.2. The van der Waals surface area contributed by atoms with Crippen molar-refractivity contribution in [2.24, 2.45) is 0 Å². The van der Waals surface area contributed by atoms with Gasteiger partial charge in [-0.25, -0.2) is 9.78 Å². The Bertz CT molecular complexity index is 745. The molecule has 7 nitrogen and oxygen atoms in total. The number of hydrogen-bond donors (Lipinski definition) is 1. The molecule has 0 spiro atoms. The Balaban J connectivity index is 1.78. The minimum Gasteiger partial charge on any atom is -0.445 e. The molecule has 0 aliphatic carbocycles. The number of carbonyl (C=O) groups excluding carboxylic acids is 1. The maximum Gasteiger partial charge on any atom is 0.407 e. The molecule has 1 N–H and O–H groups in total. The Labute approximate surface area is 139 Å². The molecule has 1 heterocycles. The molecule has 0 saturated carbocycles. The van der Waals surface area contributed by atoms with Crippen LogP contribution in [-0.4, -0.2) is 22.5 Å². The number of alkyl carbamates (subject to hydrolysis) is 1. The average Bonchev–Trinajstić information content (AvgIpc) is 2.58. The van der Waals surface area contributed by atoms with Gasteiger partial charge in [0.15, 0.2) is 0 Å². The predicted octanol–water partition coefficient (Wildman–Crippen LogP) is 3.24. The fraction of sp³-hybridized carbons (Fsp3) is 0.176. The predicted molar refractivity (Wildman–Crippen MR) is 89.3 cm³/mol. The Morgan fingerprint density at radius 3 is 2.79 bits per heavy atom. The van der Waals surface area contributed by atoms with Crippen LogP contribution in [0.15, 0.2) is 48.7 Å². The smallest absolute Gasteiger partial charge is 0.407 e. The molecule has 0 radical (unpaired) electrons. The molecular weight excluding hydrogens is 310 g/mol. The SMILES string of the molecule is Cc1cc([N+](=O)[O-])cnc1C=CCNC(=O)OCc1ccccc1. The molecule has 124 valence electrons. The molecular formula is C17H17N3O4. The number of amides is 1. The number of aromatic nitrogens is 1. The standard InChI is InChI=1S/C17H17N3O4/c1-13-10-15(20(22)23)11-19-16(13)8-5-9-18-17(21)24-12-14-6-3-2-4-7-14/h2-8,10-11H,9,12H2,1H3,(H,18,21). The molecule has 1 aromatic carbocycles. The average molecular weight is 327 g/mol. The van der Waals surface area contributed by atoms with E-state index >= 15 is 0 Å². The third-order valence-electron chi connectivity index (χ3n) is 3.17. The van der Waals surface area contributed by atoms with Crippen LogP contribution in [0.5, 0.6) is 0 Å². The number of nitrogens with one attached hydrogen (secondary N) is 1. The topological polar surface area (TPSA) is 94.4 Å². The van der Waals surface area contributed by atoms with Gasteiger partial charge in [-0.05, 0) is 24.1 Å². The van der Waals surface area contributed by atoms with Crippen LogP contribution in [0.2, 0.25) is 0 Å². The number of hydrogen-bond acceptors (Lipinski definition) is 5. The van der Waals surface area contributed by atoms with Gasteiger partial charge in [0.2, 0.25) is 0 Å². The van der Waals surface area contributed by atoms with E-state index in [1.807, 2.05) is 30.3 Å². The Hall–Kier alpha value is -3.22. The Kier molecular flexibility index (Phi) is 6.01. The number of ether oxygens (including phenoxy) is 1. The van der Waals surface area contributed by atoms with E-state index in [1.54, 1.807) is 19.1 Å². The first-order chi connectivity index (χ1) is 11.6. The molecule has 0 atom stereocenters. The van der Waals surface area contributed by atoms with Gasteiger partial charge in [0.05, 0.1) is 10.6 Å². The van der Waals surface area contributed by atoms with Crippen LogP contribution >= 0.6 is 0 Å². The quantitative estimate of drug-likeness (QED) is 0.649. The summed E-state index contributed by atoms with van der Waals surface area (Å²) in [6, 6.07) is 10.8. The summed E-state index contributed by atoms with van der Waals surface area (Å²) in [5.74, 6) is 0. The van der Waals surface area contributed by atoms with Crippen molar-refractivity contribution >= 4 is 17.9 Å². The molecule has 24 heavy (non-hydrogen) atoms. The lowest BCUT2D eigenvalue weighted by molar-refractivity contribution is -0.385. The minimum absolute atomic E-state index is 0.0488. The van der Waals surface area contributed by atoms with Crippen LogP contribution in [0.25, 0.3) is 6.08 Å². The van der Waals surface area contributed by atoms with Gasteiger partial charge >= 0.3 is 6.09 Å². The van der Waals surface area contributed by atoms with Crippen LogP contribution in [0.3, 0.4) is 0 Å². The summed E-state index contributed by atoms with van der Waals surface area (Å²) < 4.78 is 5.07. The van der Waals surface area contributed by atoms with Crippen molar-refractivity contribution in [1.29, 1.82) is 0 Å². The molecule has 2 aromatic rings. The molecule has 0 aliphatic heterocycles. The fourth-order valence-corrected chi connectivity index (χ4v) is 1.93. The summed E-state index contributed by atoms with van der Waals surface area (Å²) in [4.78, 5) is 25.7. The van der Waals surface area contributed by atoms with E-state index in [4.69, 9.17) is 4.74 Å². The summed E-state index contributed by atoms with van der Waals surface area (Å²) in [5.41, 5.74) is 2.16. The number of carbonyl (C=O) groups is 1. The minimum atomic E-state index is -0.517. The Morgan fingerprint density at radius 2 is 2.12 bits per heavy atom. The summed E-state index contributed by atoms with van der Waals surface area (Å²) >= 11 is 0. The van der Waals surface area contributed by atoms with E-state index in [9.17, 15) is 14.9 Å². The van der Waals surface area contributed by atoms with Crippen molar-refractivity contribution in [3.05, 3.63) is 75.6 Å². The van der Waals surface area contributed by atoms with E-state index in [2.05, 4.69) is 10.3 Å². The monoisotopic (exact) mass is 327 g/mol. The summed E-state index contributed by atoms with van der Waals surface area (Å²) in [6.07, 6.45) is 4.08. The second-order valence-electron chi connectivity index (χ2n) is 5.00. The maximum absolute atomic E-state index is 11.6. The molecule has 0 aliphatic rings. The summed E-state index contributed by atoms with van der Waals surface area (Å²) in [5, 5.41) is 13.2. The number of pyridine rings is 1. The van der Waals surface area contributed by atoms with Crippen LogP contribution < -0.4 is 5.32 Å². The van der Waals surface area contributed by atoms with Crippen LogP contribution in [0.1, 0.15) is 16.8 Å². The van der Waals surface area contributed by atoms with Crippen molar-refractivity contribution in [2.75, 3.05) is 6.54 Å². The van der Waals surface area contributed by atoms with Crippen LogP contribution in [-0.2, 0) is 11.3 Å². The van der Waals surface area contributed by atoms with Gasteiger partial charge in [-0.3, -0.25) is 10.1 Å². The highest BCUT2D eigenvalue weighted by atomic mass is 16.6. The van der Waals surface area contributed by atoms with E-state index in [0.717, 1.165) is 5.56 Å². The lowest BCUT2D eigenvalue weighted by Gasteiger charge is -2.05. The molecule has 1 aromatic heterocycles. The lowest BCUT2D eigenvalue weighted by Crippen LogP contribution is -2.24. The number of aryl methyl sites for hydroxylation is 1. The molecule has 0 fully saturated rings. The number of benzene rings is 1. The highest BCUT2D eigenvalue weighted by Crippen LogP contribution is 2.15. The maximum atomic E-state index is 11.6. The van der Waals surface area contributed by atoms with Crippen molar-refractivity contribution in [3.63, 3.8) is 0 Å². The normalized spacial score (nSPS) is 10.5. The summed E-state index contributed by atoms with van der Waals surface area (Å²) in [7, 11) is 0. The van der Waals surface area contributed by atoms with Gasteiger partial charge in [-0.15, -0.1) is 0 Å². The van der Waals surface area contributed by atoms with Crippen LogP contribution in [0.4, 0.5) is 10.5 Å². The van der Waals surface area contributed by atoms with Gasteiger partial charge in [0, 0.05) is 12.6 Å². The first kappa shape index (κ1) is 17.1. The first-order valence-electron chi connectivity index (χ1n) is 7.28. The zero-order chi connectivity index (χ0) is 17.4. The second-order valence-corrected chi connectivity index (χ2v) is 5.00. The van der Waals surface area contributed by atoms with Crippen molar-refractivity contribution < 1.29 is 14.5 Å². The first-order valence-corrected chi connectivity index (χ1v) is 7.28. The van der Waals surface area contributed by atoms with Gasteiger partial charge in [0.1, 0.15) is 12.8 Å². The molecule has 0 unspecified atom stereocenters. The zero-order valence-corrected chi connectivity index (χ0v) is 13.1. The van der Waals surface area contributed by atoms with Crippen molar-refractivity contribution in [1.82, 2.24) is 10.3 Å². The molecule has 2 rings (SSSR count). The zero-order valence-electron chi connectivity index (χ0n) is 13.1. The summed E-state index contributed by atoms with van der Waals surface area (Å²) in [6.45, 7) is 2.21. The fourth-order valence-electron chi connectivity index (χ4n) is 1.93. The number of nitro groups is 1. The van der Waals surface area contributed by atoms with Crippen molar-refractivity contribution in [3.8, 4) is 0 Å². The molecule has 7 heteroatoms. The number of rotatable bonds is 6. The van der Waals surface area contributed by atoms with Crippen molar-refractivity contribution in [2.45, 2.75) is 13.5 Å². The van der Waals surface area contributed by atoms with Gasteiger partial charge in [0.25, 0.3) is 5.69 Å². The second kappa shape index (κ2) is 8.42. The van der Waals surface area contributed by atoms with Crippen LogP contribution in [0, 0.1) is 17.0 Å². The third kappa shape index (κ3) is 5.20. The van der Waals surface area contributed by atoms with E-state index in [-0.39, 0.29) is 18.8 Å². The molecule has 1 amide bonds.